The minimum absolute atomic E-state index is 0. The van der Waals surface area contributed by atoms with Crippen molar-refractivity contribution in [2.45, 2.75) is 0 Å². The molecule has 2 rings (SSSR count). The SMILES string of the molecule is [NH2-].[NH2-].[NH2-].[NH2-].[Ru+4].c1ccncc1.c1cn[nH]c1. The molecule has 0 aliphatic rings. The summed E-state index contributed by atoms with van der Waals surface area (Å²) in [6.07, 6.45) is 6.96. The zero-order valence-electron chi connectivity index (χ0n) is 8.68. The number of pyridine rings is 1. The van der Waals surface area contributed by atoms with Crippen molar-refractivity contribution in [2.24, 2.45) is 0 Å². The van der Waals surface area contributed by atoms with Crippen LogP contribution in [0.5, 0.6) is 0 Å². The van der Waals surface area contributed by atoms with Crippen molar-refractivity contribution in [1.29, 1.82) is 0 Å². The fourth-order valence-corrected chi connectivity index (χ4v) is 0.528. The summed E-state index contributed by atoms with van der Waals surface area (Å²) in [5.74, 6) is 0. The molecule has 0 aliphatic heterocycles. The van der Waals surface area contributed by atoms with Crippen molar-refractivity contribution in [1.82, 2.24) is 15.2 Å². The van der Waals surface area contributed by atoms with Gasteiger partial charge in [0.25, 0.3) is 0 Å². The van der Waals surface area contributed by atoms with E-state index in [1.165, 1.54) is 0 Å². The van der Waals surface area contributed by atoms with Gasteiger partial charge < -0.3 is 24.6 Å². The van der Waals surface area contributed by atoms with Gasteiger partial charge in [-0.1, -0.05) is 6.07 Å². The molecule has 9 N–H and O–H groups in total. The van der Waals surface area contributed by atoms with Gasteiger partial charge in [0.05, 0.1) is 0 Å². The van der Waals surface area contributed by atoms with Gasteiger partial charge in [-0.25, -0.2) is 0 Å². The van der Waals surface area contributed by atoms with Crippen LogP contribution in [0.25, 0.3) is 24.6 Å². The Kier molecular flexibility index (Phi) is 43.2. The first-order valence-electron chi connectivity index (χ1n) is 3.29. The first-order chi connectivity index (χ1) is 5.50. The molecule has 0 saturated heterocycles. The molecule has 2 aromatic rings. The third-order valence-corrected chi connectivity index (χ3v) is 0.972. The first-order valence-corrected chi connectivity index (χ1v) is 3.29. The Morgan fingerprint density at radius 1 is 0.688 bits per heavy atom. The Labute approximate surface area is 109 Å². The zero-order valence-corrected chi connectivity index (χ0v) is 10.4. The van der Waals surface area contributed by atoms with Gasteiger partial charge in [0.15, 0.2) is 0 Å². The van der Waals surface area contributed by atoms with Crippen LogP contribution in [0.1, 0.15) is 0 Å². The van der Waals surface area contributed by atoms with Crippen molar-refractivity contribution >= 4 is 0 Å². The molecule has 0 unspecified atom stereocenters. The molecule has 0 spiro atoms. The van der Waals surface area contributed by atoms with E-state index in [-0.39, 0.29) is 44.1 Å². The Balaban J connectivity index is -0.0000000387. The number of nitrogens with one attached hydrogen (secondary N) is 1. The topological polar surface area (TPSA) is 176 Å². The molecule has 0 saturated carbocycles. The quantitative estimate of drug-likeness (QED) is 0.711. The second-order valence-electron chi connectivity index (χ2n) is 1.79. The third-order valence-electron chi connectivity index (χ3n) is 0.972. The minimum atomic E-state index is 0. The van der Waals surface area contributed by atoms with E-state index in [1.807, 2.05) is 24.3 Å². The molecule has 0 atom stereocenters. The number of aromatic amines is 1. The predicted molar refractivity (Wildman–Crippen MR) is 64.0 cm³/mol. The number of rotatable bonds is 0. The fourth-order valence-electron chi connectivity index (χ4n) is 0.528. The Bertz CT molecular complexity index is 206. The van der Waals surface area contributed by atoms with Crippen molar-refractivity contribution < 1.29 is 19.5 Å². The Hall–Kier alpha value is -1.18. The summed E-state index contributed by atoms with van der Waals surface area (Å²) >= 11 is 0. The van der Waals surface area contributed by atoms with Gasteiger partial charge in [-0.3, -0.25) is 10.1 Å². The summed E-state index contributed by atoms with van der Waals surface area (Å²) in [5.41, 5.74) is 0. The first kappa shape index (κ1) is 29.4. The van der Waals surface area contributed by atoms with Crippen LogP contribution in [0.15, 0.2) is 49.1 Å². The fraction of sp³-hybridized carbons (Fsp3) is 0. The smallest absolute Gasteiger partial charge is 0.693 e. The van der Waals surface area contributed by atoms with Crippen LogP contribution in [0.4, 0.5) is 0 Å². The van der Waals surface area contributed by atoms with Crippen LogP contribution in [0, 0.1) is 0 Å². The number of hydrogen-bond donors (Lipinski definition) is 1. The molecular weight excluding hydrogens is 295 g/mol. The summed E-state index contributed by atoms with van der Waals surface area (Å²) < 4.78 is 0. The van der Waals surface area contributed by atoms with Gasteiger partial charge >= 0.3 is 19.5 Å². The molecule has 2 heterocycles. The van der Waals surface area contributed by atoms with E-state index in [9.17, 15) is 0 Å². The van der Waals surface area contributed by atoms with E-state index in [2.05, 4.69) is 15.2 Å². The van der Waals surface area contributed by atoms with Crippen LogP contribution in [0.3, 0.4) is 0 Å². The normalized spacial score (nSPS) is 5.50. The number of nitrogens with zero attached hydrogens (tertiary/aromatic N) is 2. The van der Waals surface area contributed by atoms with Crippen molar-refractivity contribution in [3.05, 3.63) is 73.7 Å². The van der Waals surface area contributed by atoms with E-state index < -0.39 is 0 Å². The average Bonchev–Trinajstić information content (AvgIpc) is 2.64. The van der Waals surface area contributed by atoms with Gasteiger partial charge in [0, 0.05) is 24.8 Å². The molecule has 0 bridgehead atoms. The summed E-state index contributed by atoms with van der Waals surface area (Å²) in [5, 5.41) is 6.21. The third kappa shape index (κ3) is 18.6. The van der Waals surface area contributed by atoms with Crippen LogP contribution in [-0.2, 0) is 19.5 Å². The van der Waals surface area contributed by atoms with Crippen molar-refractivity contribution in [2.75, 3.05) is 0 Å². The second-order valence-corrected chi connectivity index (χ2v) is 1.79. The van der Waals surface area contributed by atoms with Crippen molar-refractivity contribution in [3.8, 4) is 0 Å². The molecule has 7 nitrogen and oxygen atoms in total. The number of nitrogens with two attached hydrogens (primary N) is 4. The van der Waals surface area contributed by atoms with E-state index in [1.54, 1.807) is 24.8 Å². The van der Waals surface area contributed by atoms with Gasteiger partial charge in [-0.2, -0.15) is 5.10 Å². The molecule has 0 fully saturated rings. The van der Waals surface area contributed by atoms with Gasteiger partial charge in [-0.05, 0) is 18.2 Å². The van der Waals surface area contributed by atoms with Crippen molar-refractivity contribution in [3.63, 3.8) is 0 Å². The summed E-state index contributed by atoms with van der Waals surface area (Å²) in [6, 6.07) is 7.55. The predicted octanol–water partition coefficient (Wildman–Crippen LogP) is 4.36. The van der Waals surface area contributed by atoms with Gasteiger partial charge in [-0.15, -0.1) is 0 Å². The summed E-state index contributed by atoms with van der Waals surface area (Å²) in [7, 11) is 0. The Morgan fingerprint density at radius 2 is 1.25 bits per heavy atom. The molecule has 0 amide bonds. The van der Waals surface area contributed by atoms with E-state index in [0.29, 0.717) is 0 Å². The Morgan fingerprint density at radius 3 is 1.38 bits per heavy atom. The van der Waals surface area contributed by atoms with E-state index in [0.717, 1.165) is 0 Å². The molecule has 0 radical (unpaired) electrons. The minimum Gasteiger partial charge on any atom is -0.693 e. The maximum atomic E-state index is 3.78. The molecule has 92 valence electrons. The molecule has 16 heavy (non-hydrogen) atoms. The molecule has 8 heteroatoms. The molecule has 0 aliphatic carbocycles. The van der Waals surface area contributed by atoms with E-state index in [4.69, 9.17) is 0 Å². The average molecular weight is 312 g/mol. The summed E-state index contributed by atoms with van der Waals surface area (Å²) in [6.45, 7) is 0. The number of hydrogen-bond acceptors (Lipinski definition) is 2. The maximum Gasteiger partial charge on any atom is 4.00 e. The van der Waals surface area contributed by atoms with Crippen LogP contribution >= 0.6 is 0 Å². The van der Waals surface area contributed by atoms with Crippen LogP contribution in [0.2, 0.25) is 0 Å². The van der Waals surface area contributed by atoms with E-state index >= 15 is 0 Å². The number of H-pyrrole nitrogens is 1. The summed E-state index contributed by atoms with van der Waals surface area (Å²) in [4.78, 5) is 3.78. The number of aromatic nitrogens is 3. The van der Waals surface area contributed by atoms with Gasteiger partial charge in [0.1, 0.15) is 0 Å². The van der Waals surface area contributed by atoms with Gasteiger partial charge in [0.2, 0.25) is 0 Å². The maximum absolute atomic E-state index is 3.78. The zero-order chi connectivity index (χ0) is 7.78. The molecule has 2 aromatic heterocycles. The van der Waals surface area contributed by atoms with Crippen LogP contribution < -0.4 is 0 Å². The van der Waals surface area contributed by atoms with Crippen LogP contribution in [-0.4, -0.2) is 15.2 Å². The monoisotopic (exact) mass is 313 g/mol. The molecular formula is C8H17N7Ru. The molecule has 0 aromatic carbocycles. The standard InChI is InChI=1S/C5H5N.C3H4N2.4H2N.Ru/c1-2-4-6-5-3-1;1-2-4-5-3-1;;;;;/h1-5H;1-3H,(H,4,5);4*1H2;/q;;4*-1;+4. The largest absolute Gasteiger partial charge is 4.00 e. The second kappa shape index (κ2) is 23.6.